The van der Waals surface area contributed by atoms with Gasteiger partial charge in [-0.2, -0.15) is 12.6 Å². The van der Waals surface area contributed by atoms with Gasteiger partial charge in [-0.05, 0) is 19.8 Å². The number of hydrogen-bond acceptors (Lipinski definition) is 4. The second kappa shape index (κ2) is 14.1. The molecule has 0 radical (unpaired) electrons. The van der Waals surface area contributed by atoms with Crippen molar-refractivity contribution in [2.75, 3.05) is 23.3 Å². The van der Waals surface area contributed by atoms with Crippen LogP contribution in [0.15, 0.2) is 0 Å². The van der Waals surface area contributed by atoms with Gasteiger partial charge in [0.05, 0.1) is 0 Å². The van der Waals surface area contributed by atoms with Gasteiger partial charge in [0.2, 0.25) is 17.7 Å². The van der Waals surface area contributed by atoms with Crippen LogP contribution >= 0.6 is 35.2 Å². The van der Waals surface area contributed by atoms with Gasteiger partial charge >= 0.3 is 0 Å². The summed E-state index contributed by atoms with van der Waals surface area (Å²) in [5, 5.41) is 8.20. The van der Waals surface area contributed by atoms with Crippen LogP contribution in [0, 0.1) is 0 Å². The molecule has 0 rings (SSSR count). The van der Waals surface area contributed by atoms with Gasteiger partial charge in [-0.15, -0.1) is 0 Å². The Kier molecular flexibility index (Phi) is 13.8. The molecule has 0 aliphatic heterocycles. The number of carbonyl (C=O) groups is 3. The van der Waals surface area contributed by atoms with Crippen LogP contribution in [0.3, 0.4) is 0 Å². The van der Waals surface area contributed by atoms with E-state index in [0.717, 1.165) is 23.7 Å². The van der Waals surface area contributed by atoms with Crippen molar-refractivity contribution in [3.05, 3.63) is 0 Å². The molecular weight excluding hydrogens is 417 g/mol. The highest BCUT2D eigenvalue weighted by Gasteiger charge is 2.18. The molecule has 0 saturated heterocycles. The van der Waals surface area contributed by atoms with Crippen LogP contribution in [-0.2, 0) is 14.4 Å². The Hall–Kier alpha value is -0.510. The van der Waals surface area contributed by atoms with Crippen LogP contribution in [-0.4, -0.2) is 47.0 Å². The lowest BCUT2D eigenvalue weighted by atomic mass is 10.2. The lowest BCUT2D eigenvalue weighted by Crippen LogP contribution is -2.48. The summed E-state index contributed by atoms with van der Waals surface area (Å²) in [5.41, 5.74) is 0. The summed E-state index contributed by atoms with van der Waals surface area (Å²) in [6, 6.07) is -0.589. The van der Waals surface area contributed by atoms with E-state index in [4.69, 9.17) is 0 Å². The van der Waals surface area contributed by atoms with Crippen molar-refractivity contribution in [1.29, 1.82) is 0 Å². The van der Waals surface area contributed by atoms with Crippen molar-refractivity contribution >= 4 is 52.9 Å². The molecule has 1 atom stereocenters. The summed E-state index contributed by atoms with van der Waals surface area (Å²) < 4.78 is 0.718. The molecule has 0 spiro atoms. The molecule has 22 heavy (non-hydrogen) atoms. The quantitative estimate of drug-likeness (QED) is 0.157. The maximum Gasteiger partial charge on any atom is 0.243 e. The molecule has 0 aromatic rings. The van der Waals surface area contributed by atoms with E-state index in [1.807, 2.05) is 6.92 Å². The number of rotatable bonds is 12. The van der Waals surface area contributed by atoms with E-state index in [1.165, 1.54) is 0 Å². The average Bonchev–Trinajstić information content (AvgIpc) is 2.48. The van der Waals surface area contributed by atoms with E-state index in [2.05, 4.69) is 51.2 Å². The molecular formula is C14H26IN3O3S. The van der Waals surface area contributed by atoms with Gasteiger partial charge in [0.25, 0.3) is 0 Å². The van der Waals surface area contributed by atoms with Crippen LogP contribution < -0.4 is 16.0 Å². The second-order valence-corrected chi connectivity index (χ2v) is 6.24. The van der Waals surface area contributed by atoms with E-state index in [1.54, 1.807) is 0 Å². The molecule has 0 bridgehead atoms. The number of thiol groups is 1. The fourth-order valence-corrected chi connectivity index (χ4v) is 2.50. The third-order valence-electron chi connectivity index (χ3n) is 2.91. The zero-order chi connectivity index (χ0) is 16.8. The fraction of sp³-hybridized carbons (Fsp3) is 0.786. The van der Waals surface area contributed by atoms with Crippen LogP contribution in [0.4, 0.5) is 0 Å². The molecule has 128 valence electrons. The van der Waals surface area contributed by atoms with Crippen molar-refractivity contribution in [1.82, 2.24) is 16.0 Å². The smallest absolute Gasteiger partial charge is 0.243 e. The maximum atomic E-state index is 11.9. The van der Waals surface area contributed by atoms with Gasteiger partial charge < -0.3 is 16.0 Å². The van der Waals surface area contributed by atoms with Crippen LogP contribution in [0.1, 0.15) is 39.0 Å². The van der Waals surface area contributed by atoms with Crippen LogP contribution in [0.5, 0.6) is 0 Å². The Bertz CT molecular complexity index is 356. The summed E-state index contributed by atoms with van der Waals surface area (Å²) in [5.74, 6) is 0.00134. The van der Waals surface area contributed by atoms with E-state index >= 15 is 0 Å². The van der Waals surface area contributed by atoms with Crippen molar-refractivity contribution in [2.45, 2.75) is 45.1 Å². The van der Waals surface area contributed by atoms with E-state index in [9.17, 15) is 14.4 Å². The first-order valence-corrected chi connectivity index (χ1v) is 9.71. The molecule has 0 aromatic heterocycles. The predicted octanol–water partition coefficient (Wildman–Crippen LogP) is 1.04. The van der Waals surface area contributed by atoms with Gasteiger partial charge in [0.1, 0.15) is 6.04 Å². The lowest BCUT2D eigenvalue weighted by Gasteiger charge is -2.16. The molecule has 6 nitrogen and oxygen atoms in total. The molecule has 3 N–H and O–H groups in total. The summed E-state index contributed by atoms with van der Waals surface area (Å²) in [4.78, 5) is 34.6. The number of halogens is 1. The Labute approximate surface area is 151 Å². The topological polar surface area (TPSA) is 87.3 Å². The number of alkyl halides is 1. The van der Waals surface area contributed by atoms with Crippen molar-refractivity contribution in [3.63, 3.8) is 0 Å². The zero-order valence-corrected chi connectivity index (χ0v) is 16.0. The van der Waals surface area contributed by atoms with E-state index in [0.29, 0.717) is 25.9 Å². The van der Waals surface area contributed by atoms with Gasteiger partial charge in [0, 0.05) is 36.1 Å². The molecule has 0 fully saturated rings. The average molecular weight is 443 g/mol. The minimum Gasteiger partial charge on any atom is -0.356 e. The third-order valence-corrected chi connectivity index (χ3v) is 3.81. The first kappa shape index (κ1) is 21.5. The van der Waals surface area contributed by atoms with Crippen LogP contribution in [0.2, 0.25) is 0 Å². The molecule has 0 aromatic carbocycles. The number of amides is 3. The minimum absolute atomic E-state index is 0.0691. The normalized spacial score (nSPS) is 11.6. The highest BCUT2D eigenvalue weighted by molar-refractivity contribution is 14.1. The highest BCUT2D eigenvalue weighted by Crippen LogP contribution is 1.99. The molecule has 0 saturated carbocycles. The third kappa shape index (κ3) is 11.1. The van der Waals surface area contributed by atoms with Gasteiger partial charge in [0.15, 0.2) is 0 Å². The first-order valence-electron chi connectivity index (χ1n) is 7.55. The van der Waals surface area contributed by atoms with Gasteiger partial charge in [-0.1, -0.05) is 29.0 Å². The molecule has 1 unspecified atom stereocenters. The van der Waals surface area contributed by atoms with Gasteiger partial charge in [-0.25, -0.2) is 0 Å². The van der Waals surface area contributed by atoms with Crippen molar-refractivity contribution in [3.8, 4) is 0 Å². The fourth-order valence-electron chi connectivity index (χ4n) is 1.75. The predicted molar refractivity (Wildman–Crippen MR) is 99.4 cm³/mol. The minimum atomic E-state index is -0.589. The summed E-state index contributed by atoms with van der Waals surface area (Å²) in [6.45, 7) is 3.09. The molecule has 0 heterocycles. The summed E-state index contributed by atoms with van der Waals surface area (Å²) in [7, 11) is 0. The first-order chi connectivity index (χ1) is 10.5. The summed E-state index contributed by atoms with van der Waals surface area (Å²) >= 11 is 6.21. The Balaban J connectivity index is 3.77. The maximum absolute atomic E-state index is 11.9. The molecule has 0 aliphatic rings. The van der Waals surface area contributed by atoms with Gasteiger partial charge in [-0.3, -0.25) is 14.4 Å². The molecule has 0 aliphatic carbocycles. The molecule has 8 heteroatoms. The van der Waals surface area contributed by atoms with E-state index in [-0.39, 0.29) is 23.5 Å². The number of unbranched alkanes of at least 4 members (excludes halogenated alkanes) is 2. The standard InChI is InChI=1S/C14H26IN3O3S/c1-2-16-12(19)6-4-3-5-9-17-14(21)11(10-22)18-13(20)7-8-15/h11,22H,2-10H2,1H3,(H,16,19)(H,17,21)(H,18,20). The van der Waals surface area contributed by atoms with E-state index < -0.39 is 6.04 Å². The molecule has 3 amide bonds. The Morgan fingerprint density at radius 3 is 2.36 bits per heavy atom. The Morgan fingerprint density at radius 1 is 1.05 bits per heavy atom. The number of hydrogen-bond donors (Lipinski definition) is 4. The number of carbonyl (C=O) groups excluding carboxylic acids is 3. The number of nitrogens with one attached hydrogen (secondary N) is 3. The monoisotopic (exact) mass is 443 g/mol. The SMILES string of the molecule is CCNC(=O)CCCCCNC(=O)C(CS)NC(=O)CCI. The van der Waals surface area contributed by atoms with Crippen molar-refractivity contribution in [2.24, 2.45) is 0 Å². The van der Waals surface area contributed by atoms with Crippen molar-refractivity contribution < 1.29 is 14.4 Å². The lowest BCUT2D eigenvalue weighted by molar-refractivity contribution is -0.128. The largest absolute Gasteiger partial charge is 0.356 e. The van der Waals surface area contributed by atoms with Crippen LogP contribution in [0.25, 0.3) is 0 Å². The second-order valence-electron chi connectivity index (χ2n) is 4.80. The Morgan fingerprint density at radius 2 is 1.77 bits per heavy atom. The summed E-state index contributed by atoms with van der Waals surface area (Å²) in [6.07, 6.45) is 3.42. The zero-order valence-electron chi connectivity index (χ0n) is 13.0. The highest BCUT2D eigenvalue weighted by atomic mass is 127.